The van der Waals surface area contributed by atoms with Gasteiger partial charge in [0, 0.05) is 29.1 Å². The predicted molar refractivity (Wildman–Crippen MR) is 134 cm³/mol. The maximum atomic E-state index is 12.9. The van der Waals surface area contributed by atoms with Gasteiger partial charge in [0.25, 0.3) is 11.8 Å². The lowest BCUT2D eigenvalue weighted by molar-refractivity contribution is -0.114. The van der Waals surface area contributed by atoms with E-state index >= 15 is 0 Å². The molecule has 0 aromatic heterocycles. The predicted octanol–water partition coefficient (Wildman–Crippen LogP) is 6.10. The van der Waals surface area contributed by atoms with E-state index in [-0.39, 0.29) is 11.8 Å². The minimum absolute atomic E-state index is 0.0980. The Kier molecular flexibility index (Phi) is 8.93. The minimum Gasteiger partial charge on any atom is -0.352 e. The average Bonchev–Trinajstić information content (AvgIpc) is 2.76. The smallest absolute Gasteiger partial charge is 0.264 e. The molecule has 2 aromatic carbocycles. The summed E-state index contributed by atoms with van der Waals surface area (Å²) in [7, 11) is 1.74. The highest BCUT2D eigenvalue weighted by Gasteiger charge is 2.27. The fourth-order valence-corrected chi connectivity index (χ4v) is 5.45. The first kappa shape index (κ1) is 23.8. The van der Waals surface area contributed by atoms with Crippen molar-refractivity contribution in [3.8, 4) is 0 Å². The summed E-state index contributed by atoms with van der Waals surface area (Å²) in [6, 6.07) is 12.9. The molecular formula is C24H27ClN2O2S2. The number of hydrogen-bond donors (Lipinski definition) is 1. The molecule has 2 amide bonds. The van der Waals surface area contributed by atoms with E-state index in [1.54, 1.807) is 24.1 Å². The number of carbonyl (C=O) groups is 2. The van der Waals surface area contributed by atoms with Crippen LogP contribution in [0.3, 0.4) is 0 Å². The lowest BCUT2D eigenvalue weighted by Gasteiger charge is -2.27. The van der Waals surface area contributed by atoms with E-state index in [4.69, 9.17) is 11.6 Å². The molecule has 0 bridgehead atoms. The van der Waals surface area contributed by atoms with Crippen molar-refractivity contribution in [3.05, 3.63) is 63.5 Å². The number of thioether (sulfide) groups is 2. The summed E-state index contributed by atoms with van der Waals surface area (Å²) in [6.07, 6.45) is 5.26. The number of likely N-dealkylation sites (N-methyl/N-ethyl adjacent to an activating group) is 1. The van der Waals surface area contributed by atoms with Crippen LogP contribution in [0.25, 0.3) is 6.08 Å². The molecule has 1 N–H and O–H groups in total. The van der Waals surface area contributed by atoms with Crippen LogP contribution in [0, 0.1) is 0 Å². The lowest BCUT2D eigenvalue weighted by Crippen LogP contribution is -2.31. The number of nitrogens with one attached hydrogen (secondary N) is 1. The molecule has 4 nitrogen and oxygen atoms in total. The van der Waals surface area contributed by atoms with Gasteiger partial charge in [0.1, 0.15) is 0 Å². The molecule has 164 valence electrons. The molecule has 1 aliphatic rings. The molecular weight excluding hydrogens is 448 g/mol. The van der Waals surface area contributed by atoms with Crippen molar-refractivity contribution in [2.45, 2.75) is 31.1 Å². The zero-order valence-electron chi connectivity index (χ0n) is 17.8. The molecule has 0 atom stereocenters. The maximum Gasteiger partial charge on any atom is 0.264 e. The summed E-state index contributed by atoms with van der Waals surface area (Å²) in [5.41, 5.74) is 2.20. The summed E-state index contributed by atoms with van der Waals surface area (Å²) < 4.78 is 0. The van der Waals surface area contributed by atoms with E-state index in [0.717, 1.165) is 28.3 Å². The number of hydrogen-bond acceptors (Lipinski definition) is 4. The monoisotopic (exact) mass is 474 g/mol. The van der Waals surface area contributed by atoms with Crippen LogP contribution < -0.4 is 10.2 Å². The van der Waals surface area contributed by atoms with Crippen LogP contribution in [0.4, 0.5) is 5.69 Å². The first-order valence-electron chi connectivity index (χ1n) is 10.4. The Morgan fingerprint density at radius 3 is 2.77 bits per heavy atom. The van der Waals surface area contributed by atoms with E-state index in [9.17, 15) is 9.59 Å². The van der Waals surface area contributed by atoms with Crippen LogP contribution in [0.2, 0.25) is 5.02 Å². The quantitative estimate of drug-likeness (QED) is 0.352. The van der Waals surface area contributed by atoms with Gasteiger partial charge in [0.2, 0.25) is 0 Å². The second-order valence-electron chi connectivity index (χ2n) is 7.29. The Labute approximate surface area is 197 Å². The Morgan fingerprint density at radius 2 is 2.00 bits per heavy atom. The molecule has 31 heavy (non-hydrogen) atoms. The highest BCUT2D eigenvalue weighted by Crippen LogP contribution is 2.42. The number of halogens is 1. The number of anilines is 1. The van der Waals surface area contributed by atoms with Gasteiger partial charge in [-0.3, -0.25) is 9.59 Å². The number of benzene rings is 2. The molecule has 0 fully saturated rings. The molecule has 0 spiro atoms. The Bertz CT molecular complexity index is 978. The van der Waals surface area contributed by atoms with Crippen molar-refractivity contribution in [2.24, 2.45) is 0 Å². The highest BCUT2D eigenvalue weighted by molar-refractivity contribution is 8.04. The van der Waals surface area contributed by atoms with E-state index in [0.29, 0.717) is 22.0 Å². The second kappa shape index (κ2) is 11.7. The molecule has 3 rings (SSSR count). The third kappa shape index (κ3) is 6.55. The summed E-state index contributed by atoms with van der Waals surface area (Å²) in [6.45, 7) is 2.85. The zero-order chi connectivity index (χ0) is 22.2. The van der Waals surface area contributed by atoms with Crippen molar-refractivity contribution < 1.29 is 9.59 Å². The molecule has 0 aliphatic carbocycles. The van der Waals surface area contributed by atoms with Crippen molar-refractivity contribution in [1.29, 1.82) is 0 Å². The molecule has 0 saturated heterocycles. The number of fused-ring (bicyclic) bond motifs is 1. The van der Waals surface area contributed by atoms with E-state index in [2.05, 4.69) is 12.2 Å². The fraction of sp³-hybridized carbons (Fsp3) is 0.333. The van der Waals surface area contributed by atoms with Gasteiger partial charge in [0.15, 0.2) is 0 Å². The molecule has 0 saturated carbocycles. The van der Waals surface area contributed by atoms with Crippen LogP contribution in [0.1, 0.15) is 42.1 Å². The average molecular weight is 475 g/mol. The first-order chi connectivity index (χ1) is 15.0. The largest absolute Gasteiger partial charge is 0.352 e. The Morgan fingerprint density at radius 1 is 1.19 bits per heavy atom. The van der Waals surface area contributed by atoms with Gasteiger partial charge >= 0.3 is 0 Å². The number of amides is 2. The molecule has 0 radical (unpaired) electrons. The van der Waals surface area contributed by atoms with Gasteiger partial charge in [-0.2, -0.15) is 11.8 Å². The van der Waals surface area contributed by atoms with Gasteiger partial charge < -0.3 is 10.2 Å². The third-order valence-electron chi connectivity index (χ3n) is 4.86. The Balaban J connectivity index is 1.64. The van der Waals surface area contributed by atoms with Gasteiger partial charge in [0.05, 0.1) is 10.6 Å². The SMILES string of the molecule is CCCCSCCCNC(=O)c1ccc2c(c1)N(C)C(=O)C(=Cc1cccc(Cl)c1)S2. The van der Waals surface area contributed by atoms with Crippen LogP contribution in [-0.2, 0) is 4.79 Å². The van der Waals surface area contributed by atoms with Crippen molar-refractivity contribution in [3.63, 3.8) is 0 Å². The number of nitrogens with zero attached hydrogens (tertiary/aromatic N) is 1. The topological polar surface area (TPSA) is 49.4 Å². The number of carbonyl (C=O) groups excluding carboxylic acids is 2. The van der Waals surface area contributed by atoms with Crippen LogP contribution in [-0.4, -0.2) is 36.9 Å². The van der Waals surface area contributed by atoms with E-state index < -0.39 is 0 Å². The number of rotatable bonds is 9. The molecule has 1 heterocycles. The van der Waals surface area contributed by atoms with Gasteiger partial charge in [-0.15, -0.1) is 0 Å². The normalized spacial score (nSPS) is 14.6. The third-order valence-corrected chi connectivity index (χ3v) is 7.32. The van der Waals surface area contributed by atoms with Crippen molar-refractivity contribution in [1.82, 2.24) is 5.32 Å². The summed E-state index contributed by atoms with van der Waals surface area (Å²) >= 11 is 9.41. The molecule has 0 unspecified atom stereocenters. The Hall–Kier alpha value is -1.89. The van der Waals surface area contributed by atoms with Crippen molar-refractivity contribution >= 4 is 58.7 Å². The standard InChI is InChI=1S/C24H27ClN2O2S2/c1-3-4-12-30-13-6-11-26-23(28)18-9-10-21-20(16-18)27(2)24(29)22(31-21)15-17-7-5-8-19(25)14-17/h5,7-10,14-16H,3-4,6,11-13H2,1-2H3,(H,26,28). The van der Waals surface area contributed by atoms with Gasteiger partial charge in [-0.1, -0.05) is 48.8 Å². The fourth-order valence-electron chi connectivity index (χ4n) is 3.11. The minimum atomic E-state index is -0.104. The number of unbranched alkanes of at least 4 members (excludes halogenated alkanes) is 1. The second-order valence-corrected chi connectivity index (χ2v) is 10.0. The van der Waals surface area contributed by atoms with Crippen LogP contribution in [0.15, 0.2) is 52.3 Å². The van der Waals surface area contributed by atoms with E-state index in [1.165, 1.54) is 30.4 Å². The summed E-state index contributed by atoms with van der Waals surface area (Å²) in [5, 5.41) is 3.61. The van der Waals surface area contributed by atoms with Crippen LogP contribution in [0.5, 0.6) is 0 Å². The van der Waals surface area contributed by atoms with Gasteiger partial charge in [-0.25, -0.2) is 0 Å². The van der Waals surface area contributed by atoms with Gasteiger partial charge in [-0.05, 0) is 66.3 Å². The van der Waals surface area contributed by atoms with E-state index in [1.807, 2.05) is 48.2 Å². The van der Waals surface area contributed by atoms with Crippen LogP contribution >= 0.6 is 35.1 Å². The molecule has 7 heteroatoms. The maximum absolute atomic E-state index is 12.9. The first-order valence-corrected chi connectivity index (χ1v) is 12.8. The lowest BCUT2D eigenvalue weighted by atomic mass is 10.1. The summed E-state index contributed by atoms with van der Waals surface area (Å²) in [5.74, 6) is 2.04. The summed E-state index contributed by atoms with van der Waals surface area (Å²) in [4.78, 5) is 28.6. The zero-order valence-corrected chi connectivity index (χ0v) is 20.2. The molecule has 2 aromatic rings. The van der Waals surface area contributed by atoms with Crippen molar-refractivity contribution in [2.75, 3.05) is 30.0 Å². The highest BCUT2D eigenvalue weighted by atomic mass is 35.5. The molecule has 1 aliphatic heterocycles.